The summed E-state index contributed by atoms with van der Waals surface area (Å²) in [5.41, 5.74) is 2.19. The Hall–Kier alpha value is -2.73. The second kappa shape index (κ2) is 7.36. The van der Waals surface area contributed by atoms with Crippen LogP contribution in [0.4, 0.5) is 11.4 Å². The molecule has 2 aliphatic rings. The summed E-state index contributed by atoms with van der Waals surface area (Å²) in [6.45, 7) is 8.26. The Morgan fingerprint density at radius 2 is 1.64 bits per heavy atom. The van der Waals surface area contributed by atoms with Crippen LogP contribution >= 0.6 is 0 Å². The van der Waals surface area contributed by atoms with Crippen LogP contribution in [-0.2, 0) is 10.2 Å². The SMILES string of the molecule is CN1CCN(c2ccc(NC(=O)C(C)(C)c3ccc4c(c3)OCO4)cc2)CC1. The topological polar surface area (TPSA) is 54.0 Å². The molecule has 4 rings (SSSR count). The number of amides is 1. The molecule has 6 heteroatoms. The minimum atomic E-state index is -0.697. The number of hydrogen-bond donors (Lipinski definition) is 1. The van der Waals surface area contributed by atoms with Gasteiger partial charge < -0.3 is 24.6 Å². The number of likely N-dealkylation sites (N-methyl/N-ethyl adjacent to an activating group) is 1. The smallest absolute Gasteiger partial charge is 0.234 e. The molecular formula is C22H27N3O3. The fourth-order valence-corrected chi connectivity index (χ4v) is 3.52. The average molecular weight is 381 g/mol. The number of nitrogens with one attached hydrogen (secondary N) is 1. The molecule has 6 nitrogen and oxygen atoms in total. The summed E-state index contributed by atoms with van der Waals surface area (Å²) >= 11 is 0. The maximum Gasteiger partial charge on any atom is 0.234 e. The Balaban J connectivity index is 1.44. The van der Waals surface area contributed by atoms with Crippen LogP contribution in [0.25, 0.3) is 0 Å². The van der Waals surface area contributed by atoms with Gasteiger partial charge in [0.15, 0.2) is 11.5 Å². The predicted octanol–water partition coefficient (Wildman–Crippen LogP) is 3.08. The zero-order chi connectivity index (χ0) is 19.7. The van der Waals surface area contributed by atoms with Crippen molar-refractivity contribution in [2.75, 3.05) is 50.2 Å². The van der Waals surface area contributed by atoms with E-state index in [1.807, 2.05) is 44.2 Å². The monoisotopic (exact) mass is 381 g/mol. The van der Waals surface area contributed by atoms with Crippen LogP contribution in [-0.4, -0.2) is 50.8 Å². The van der Waals surface area contributed by atoms with Gasteiger partial charge in [-0.15, -0.1) is 0 Å². The van der Waals surface area contributed by atoms with Crippen molar-refractivity contribution in [1.82, 2.24) is 4.90 Å². The minimum absolute atomic E-state index is 0.0567. The first-order chi connectivity index (χ1) is 13.4. The summed E-state index contributed by atoms with van der Waals surface area (Å²) in [4.78, 5) is 17.7. The molecule has 1 fully saturated rings. The lowest BCUT2D eigenvalue weighted by molar-refractivity contribution is -0.120. The average Bonchev–Trinajstić information content (AvgIpc) is 3.17. The predicted molar refractivity (Wildman–Crippen MR) is 110 cm³/mol. The lowest BCUT2D eigenvalue weighted by Gasteiger charge is -2.34. The van der Waals surface area contributed by atoms with Gasteiger partial charge in [-0.25, -0.2) is 0 Å². The van der Waals surface area contributed by atoms with E-state index >= 15 is 0 Å². The Bertz CT molecular complexity index is 856. The molecule has 148 valence electrons. The molecule has 0 radical (unpaired) electrons. The van der Waals surface area contributed by atoms with Crippen LogP contribution in [0.3, 0.4) is 0 Å². The number of carbonyl (C=O) groups is 1. The number of nitrogens with zero attached hydrogens (tertiary/aromatic N) is 2. The lowest BCUT2D eigenvalue weighted by Crippen LogP contribution is -2.44. The van der Waals surface area contributed by atoms with E-state index in [1.165, 1.54) is 5.69 Å². The Kier molecular flexibility index (Phi) is 4.89. The number of piperazine rings is 1. The second-order valence-electron chi connectivity index (χ2n) is 7.98. The summed E-state index contributed by atoms with van der Waals surface area (Å²) in [6.07, 6.45) is 0. The highest BCUT2D eigenvalue weighted by molar-refractivity contribution is 5.98. The number of hydrogen-bond acceptors (Lipinski definition) is 5. The third-order valence-corrected chi connectivity index (χ3v) is 5.66. The Morgan fingerprint density at radius 3 is 2.36 bits per heavy atom. The van der Waals surface area contributed by atoms with E-state index in [-0.39, 0.29) is 12.7 Å². The number of rotatable bonds is 4. The van der Waals surface area contributed by atoms with Gasteiger partial charge in [-0.3, -0.25) is 4.79 Å². The lowest BCUT2D eigenvalue weighted by atomic mass is 9.83. The summed E-state index contributed by atoms with van der Waals surface area (Å²) in [5, 5.41) is 3.05. The number of fused-ring (bicyclic) bond motifs is 1. The highest BCUT2D eigenvalue weighted by Crippen LogP contribution is 2.37. The molecule has 28 heavy (non-hydrogen) atoms. The first kappa shape index (κ1) is 18.6. The molecule has 0 atom stereocenters. The third kappa shape index (κ3) is 3.64. The standard InChI is InChI=1S/C22H27N3O3/c1-22(2,16-4-9-19-20(14-16)28-15-27-19)21(26)23-17-5-7-18(8-6-17)25-12-10-24(3)11-13-25/h4-9,14H,10-13,15H2,1-3H3,(H,23,26). The molecule has 0 aromatic heterocycles. The molecule has 1 amide bonds. The van der Waals surface area contributed by atoms with Crippen LogP contribution in [0, 0.1) is 0 Å². The van der Waals surface area contributed by atoms with Gasteiger partial charge in [-0.05, 0) is 62.9 Å². The molecule has 1 N–H and O–H groups in total. The van der Waals surface area contributed by atoms with E-state index in [0.29, 0.717) is 5.75 Å². The fraction of sp³-hybridized carbons (Fsp3) is 0.409. The van der Waals surface area contributed by atoms with Crippen molar-refractivity contribution in [2.45, 2.75) is 19.3 Å². The van der Waals surface area contributed by atoms with Gasteiger partial charge in [0.1, 0.15) is 0 Å². The summed E-state index contributed by atoms with van der Waals surface area (Å²) in [7, 11) is 2.15. The summed E-state index contributed by atoms with van der Waals surface area (Å²) < 4.78 is 10.8. The van der Waals surface area contributed by atoms with Gasteiger partial charge in [0, 0.05) is 37.6 Å². The van der Waals surface area contributed by atoms with Crippen molar-refractivity contribution in [3.63, 3.8) is 0 Å². The van der Waals surface area contributed by atoms with Crippen molar-refractivity contribution in [2.24, 2.45) is 0 Å². The quantitative estimate of drug-likeness (QED) is 0.882. The Morgan fingerprint density at radius 1 is 0.964 bits per heavy atom. The molecule has 1 saturated heterocycles. The molecule has 2 heterocycles. The van der Waals surface area contributed by atoms with Gasteiger partial charge in [-0.1, -0.05) is 6.07 Å². The highest BCUT2D eigenvalue weighted by Gasteiger charge is 2.31. The molecule has 0 spiro atoms. The fourth-order valence-electron chi connectivity index (χ4n) is 3.52. The van der Waals surface area contributed by atoms with Gasteiger partial charge in [0.25, 0.3) is 0 Å². The van der Waals surface area contributed by atoms with Gasteiger partial charge in [-0.2, -0.15) is 0 Å². The van der Waals surface area contributed by atoms with E-state index in [9.17, 15) is 4.79 Å². The minimum Gasteiger partial charge on any atom is -0.454 e. The normalized spacial score (nSPS) is 16.9. The molecule has 2 aromatic rings. The van der Waals surface area contributed by atoms with Crippen LogP contribution in [0.1, 0.15) is 19.4 Å². The second-order valence-corrected chi connectivity index (χ2v) is 7.98. The number of benzene rings is 2. The van der Waals surface area contributed by atoms with E-state index in [0.717, 1.165) is 43.2 Å². The van der Waals surface area contributed by atoms with E-state index < -0.39 is 5.41 Å². The molecule has 2 aromatic carbocycles. The van der Waals surface area contributed by atoms with Crippen LogP contribution in [0.5, 0.6) is 11.5 Å². The zero-order valence-electron chi connectivity index (χ0n) is 16.7. The van der Waals surface area contributed by atoms with Crippen molar-refractivity contribution in [3.05, 3.63) is 48.0 Å². The van der Waals surface area contributed by atoms with Crippen LogP contribution in [0.2, 0.25) is 0 Å². The van der Waals surface area contributed by atoms with E-state index in [1.54, 1.807) is 0 Å². The third-order valence-electron chi connectivity index (χ3n) is 5.66. The number of anilines is 2. The van der Waals surface area contributed by atoms with Crippen LogP contribution < -0.4 is 19.7 Å². The maximum atomic E-state index is 13.0. The van der Waals surface area contributed by atoms with E-state index in [4.69, 9.17) is 9.47 Å². The van der Waals surface area contributed by atoms with Crippen LogP contribution in [0.15, 0.2) is 42.5 Å². The Labute approximate surface area is 166 Å². The molecule has 0 unspecified atom stereocenters. The van der Waals surface area contributed by atoms with Crippen molar-refractivity contribution in [1.29, 1.82) is 0 Å². The molecule has 0 aliphatic carbocycles. The molecule has 2 aliphatic heterocycles. The number of ether oxygens (including phenoxy) is 2. The van der Waals surface area contributed by atoms with Crippen molar-refractivity contribution >= 4 is 17.3 Å². The molecule has 0 saturated carbocycles. The first-order valence-electron chi connectivity index (χ1n) is 9.68. The van der Waals surface area contributed by atoms with Crippen molar-refractivity contribution < 1.29 is 14.3 Å². The maximum absolute atomic E-state index is 13.0. The molecular weight excluding hydrogens is 354 g/mol. The molecule has 0 bridgehead atoms. The van der Waals surface area contributed by atoms with Gasteiger partial charge in [0.05, 0.1) is 5.41 Å². The number of carbonyl (C=O) groups excluding carboxylic acids is 1. The summed E-state index contributed by atoms with van der Waals surface area (Å²) in [6, 6.07) is 13.8. The first-order valence-corrected chi connectivity index (χ1v) is 9.68. The van der Waals surface area contributed by atoms with Crippen molar-refractivity contribution in [3.8, 4) is 11.5 Å². The van der Waals surface area contributed by atoms with E-state index in [2.05, 4.69) is 34.3 Å². The summed E-state index contributed by atoms with van der Waals surface area (Å²) in [5.74, 6) is 1.35. The zero-order valence-corrected chi connectivity index (χ0v) is 16.7. The van der Waals surface area contributed by atoms with Gasteiger partial charge in [0.2, 0.25) is 12.7 Å². The highest BCUT2D eigenvalue weighted by atomic mass is 16.7. The van der Waals surface area contributed by atoms with Gasteiger partial charge >= 0.3 is 0 Å². The largest absolute Gasteiger partial charge is 0.454 e.